The second-order valence-corrected chi connectivity index (χ2v) is 7.15. The Kier molecular flexibility index (Phi) is 5.54. The number of fused-ring (bicyclic) bond motifs is 1. The van der Waals surface area contributed by atoms with Crippen LogP contribution in [0.1, 0.15) is 16.1 Å². The number of aromatic nitrogens is 4. The van der Waals surface area contributed by atoms with Crippen LogP contribution >= 0.6 is 11.8 Å². The highest BCUT2D eigenvalue weighted by Gasteiger charge is 2.12. The van der Waals surface area contributed by atoms with Gasteiger partial charge in [-0.05, 0) is 60.9 Å². The van der Waals surface area contributed by atoms with E-state index in [1.807, 2.05) is 36.6 Å². The third-order valence-corrected chi connectivity index (χ3v) is 5.04. The summed E-state index contributed by atoms with van der Waals surface area (Å²) in [7, 11) is 0. The van der Waals surface area contributed by atoms with Crippen LogP contribution in [0.3, 0.4) is 0 Å². The van der Waals surface area contributed by atoms with Gasteiger partial charge < -0.3 is 5.32 Å². The fraction of sp³-hybridized carbons (Fsp3) is 0.0455. The molecule has 0 aliphatic heterocycles. The van der Waals surface area contributed by atoms with E-state index in [0.29, 0.717) is 28.0 Å². The zero-order chi connectivity index (χ0) is 20.9. The lowest BCUT2D eigenvalue weighted by molar-refractivity contribution is 0.102. The van der Waals surface area contributed by atoms with Crippen LogP contribution < -0.4 is 5.32 Å². The number of hydrogen-bond donors (Lipinski definition) is 1. The first-order valence-corrected chi connectivity index (χ1v) is 10.2. The van der Waals surface area contributed by atoms with Crippen molar-refractivity contribution < 1.29 is 4.79 Å². The minimum Gasteiger partial charge on any atom is -0.322 e. The summed E-state index contributed by atoms with van der Waals surface area (Å²) in [6, 6.07) is 20.2. The van der Waals surface area contributed by atoms with Gasteiger partial charge in [0.2, 0.25) is 0 Å². The maximum absolute atomic E-state index is 12.6. The molecule has 2 heterocycles. The van der Waals surface area contributed by atoms with Crippen LogP contribution in [0.25, 0.3) is 22.8 Å². The highest BCUT2D eigenvalue weighted by molar-refractivity contribution is 7.98. The van der Waals surface area contributed by atoms with Gasteiger partial charge in [-0.25, -0.2) is 0 Å². The Hall–Kier alpha value is -3.96. The van der Waals surface area contributed by atoms with E-state index in [1.54, 1.807) is 54.4 Å². The number of thioether (sulfide) groups is 1. The van der Waals surface area contributed by atoms with Crippen molar-refractivity contribution in [1.29, 1.82) is 5.26 Å². The maximum Gasteiger partial charge on any atom is 0.255 e. The maximum atomic E-state index is 12.6. The Labute approximate surface area is 177 Å². The molecule has 0 saturated heterocycles. The van der Waals surface area contributed by atoms with Gasteiger partial charge in [-0.3, -0.25) is 9.78 Å². The molecule has 1 amide bonds. The van der Waals surface area contributed by atoms with Crippen molar-refractivity contribution in [2.45, 2.75) is 4.90 Å². The molecule has 0 aliphatic rings. The van der Waals surface area contributed by atoms with Crippen molar-refractivity contribution in [2.75, 3.05) is 11.6 Å². The number of amides is 1. The Morgan fingerprint density at radius 3 is 2.60 bits per heavy atom. The van der Waals surface area contributed by atoms with E-state index in [4.69, 9.17) is 0 Å². The predicted molar refractivity (Wildman–Crippen MR) is 118 cm³/mol. The van der Waals surface area contributed by atoms with Gasteiger partial charge >= 0.3 is 0 Å². The molecule has 0 fully saturated rings. The van der Waals surface area contributed by atoms with E-state index in [-0.39, 0.29) is 11.6 Å². The number of rotatable bonds is 5. The van der Waals surface area contributed by atoms with Gasteiger partial charge in [-0.15, -0.1) is 26.8 Å². The average Bonchev–Trinajstić information content (AvgIpc) is 3.22. The Morgan fingerprint density at radius 2 is 1.90 bits per heavy atom. The van der Waals surface area contributed by atoms with Gasteiger partial charge in [-0.2, -0.15) is 5.26 Å². The molecule has 0 atom stereocenters. The van der Waals surface area contributed by atoms with Crippen LogP contribution in [0.2, 0.25) is 0 Å². The fourth-order valence-corrected chi connectivity index (χ4v) is 3.19. The number of nitriles is 1. The number of carbonyl (C=O) groups is 1. The first-order chi connectivity index (χ1) is 14.7. The lowest BCUT2D eigenvalue weighted by Gasteiger charge is -2.05. The standard InChI is InChI=1S/C22H16N6OS/c1-30-19-8-6-16(7-9-19)25-22(29)15-5-10-20-21(12-15)27-28(26-20)18(14-23)13-17-4-2-3-11-24-17/h2-13H,1H3,(H,25,29)/b18-13+. The Balaban J connectivity index is 1.59. The molecular weight excluding hydrogens is 396 g/mol. The average molecular weight is 412 g/mol. The fourth-order valence-electron chi connectivity index (χ4n) is 2.78. The number of nitrogens with one attached hydrogen (secondary N) is 1. The molecular formula is C22H16N6OS. The van der Waals surface area contributed by atoms with Gasteiger partial charge in [0, 0.05) is 28.4 Å². The minimum atomic E-state index is -0.243. The quantitative estimate of drug-likeness (QED) is 0.387. The monoisotopic (exact) mass is 412 g/mol. The molecule has 2 aromatic carbocycles. The second-order valence-electron chi connectivity index (χ2n) is 6.27. The molecule has 0 unspecified atom stereocenters. The number of carbonyl (C=O) groups excluding carboxylic acids is 1. The van der Waals surface area contributed by atoms with Crippen molar-refractivity contribution in [3.8, 4) is 6.07 Å². The van der Waals surface area contributed by atoms with Crippen LogP contribution in [0.5, 0.6) is 0 Å². The molecule has 0 saturated carbocycles. The van der Waals surface area contributed by atoms with E-state index < -0.39 is 0 Å². The van der Waals surface area contributed by atoms with Gasteiger partial charge in [0.1, 0.15) is 17.1 Å². The lowest BCUT2D eigenvalue weighted by Crippen LogP contribution is -2.11. The molecule has 0 aliphatic carbocycles. The zero-order valence-electron chi connectivity index (χ0n) is 16.0. The Bertz CT molecular complexity index is 1270. The number of benzene rings is 2. The number of nitrogens with zero attached hydrogens (tertiary/aromatic N) is 5. The van der Waals surface area contributed by atoms with Crippen LogP contribution in [0.15, 0.2) is 71.8 Å². The third kappa shape index (κ3) is 4.21. The number of anilines is 1. The normalized spacial score (nSPS) is 11.3. The molecule has 1 N–H and O–H groups in total. The minimum absolute atomic E-state index is 0.227. The van der Waals surface area contributed by atoms with Gasteiger partial charge in [0.25, 0.3) is 5.91 Å². The SMILES string of the molecule is CSc1ccc(NC(=O)c2ccc3nn(/C(C#N)=C/c4ccccn4)nc3c2)cc1. The van der Waals surface area contributed by atoms with Crippen molar-refractivity contribution >= 4 is 46.2 Å². The molecule has 4 rings (SSSR count). The molecule has 0 spiro atoms. The summed E-state index contributed by atoms with van der Waals surface area (Å²) in [5.74, 6) is -0.243. The Morgan fingerprint density at radius 1 is 1.10 bits per heavy atom. The van der Waals surface area contributed by atoms with E-state index in [0.717, 1.165) is 4.90 Å². The van der Waals surface area contributed by atoms with E-state index in [2.05, 4.69) is 26.6 Å². The van der Waals surface area contributed by atoms with Crippen LogP contribution in [0.4, 0.5) is 5.69 Å². The van der Waals surface area contributed by atoms with Gasteiger partial charge in [0.05, 0.1) is 5.69 Å². The topological polar surface area (TPSA) is 96.5 Å². The smallest absolute Gasteiger partial charge is 0.255 e. The first-order valence-electron chi connectivity index (χ1n) is 9.02. The lowest BCUT2D eigenvalue weighted by atomic mass is 10.2. The van der Waals surface area contributed by atoms with E-state index in [1.165, 1.54) is 4.80 Å². The number of pyridine rings is 1. The van der Waals surface area contributed by atoms with Crippen LogP contribution in [-0.2, 0) is 0 Å². The third-order valence-electron chi connectivity index (χ3n) is 4.29. The van der Waals surface area contributed by atoms with Crippen LogP contribution in [-0.4, -0.2) is 32.1 Å². The molecule has 0 radical (unpaired) electrons. The second kappa shape index (κ2) is 8.59. The summed E-state index contributed by atoms with van der Waals surface area (Å²) in [5.41, 5.74) is 3.12. The largest absolute Gasteiger partial charge is 0.322 e. The summed E-state index contributed by atoms with van der Waals surface area (Å²) in [6.07, 6.45) is 5.25. The molecule has 7 nitrogen and oxygen atoms in total. The van der Waals surface area contributed by atoms with Crippen molar-refractivity contribution in [1.82, 2.24) is 20.0 Å². The number of hydrogen-bond acceptors (Lipinski definition) is 6. The molecule has 30 heavy (non-hydrogen) atoms. The molecule has 8 heteroatoms. The summed E-state index contributed by atoms with van der Waals surface area (Å²) < 4.78 is 0. The first kappa shape index (κ1) is 19.4. The summed E-state index contributed by atoms with van der Waals surface area (Å²) in [4.78, 5) is 19.2. The molecule has 2 aromatic heterocycles. The van der Waals surface area contributed by atoms with Crippen molar-refractivity contribution in [3.05, 3.63) is 78.1 Å². The highest BCUT2D eigenvalue weighted by Crippen LogP contribution is 2.19. The summed E-state index contributed by atoms with van der Waals surface area (Å²) in [6.45, 7) is 0. The van der Waals surface area contributed by atoms with E-state index >= 15 is 0 Å². The molecule has 4 aromatic rings. The summed E-state index contributed by atoms with van der Waals surface area (Å²) >= 11 is 1.64. The zero-order valence-corrected chi connectivity index (χ0v) is 16.8. The summed E-state index contributed by atoms with van der Waals surface area (Å²) in [5, 5.41) is 21.1. The molecule has 0 bridgehead atoms. The number of allylic oxidation sites excluding steroid dienone is 1. The predicted octanol–water partition coefficient (Wildman–Crippen LogP) is 4.32. The van der Waals surface area contributed by atoms with Gasteiger partial charge in [0.15, 0.2) is 5.70 Å². The van der Waals surface area contributed by atoms with Crippen molar-refractivity contribution in [2.24, 2.45) is 0 Å². The molecule has 146 valence electrons. The van der Waals surface area contributed by atoms with Gasteiger partial charge in [-0.1, -0.05) is 6.07 Å². The van der Waals surface area contributed by atoms with Crippen molar-refractivity contribution in [3.63, 3.8) is 0 Å². The van der Waals surface area contributed by atoms with Crippen LogP contribution in [0, 0.1) is 11.3 Å². The van der Waals surface area contributed by atoms with E-state index in [9.17, 15) is 10.1 Å². The highest BCUT2D eigenvalue weighted by atomic mass is 32.2.